The molecule has 0 heterocycles. The summed E-state index contributed by atoms with van der Waals surface area (Å²) in [6.07, 6.45) is 8.78. The lowest BCUT2D eigenvalue weighted by Gasteiger charge is -2.34. The van der Waals surface area contributed by atoms with Gasteiger partial charge in [-0.05, 0) is 47.1 Å². The quantitative estimate of drug-likeness (QED) is 0.705. The van der Waals surface area contributed by atoms with Gasteiger partial charge in [0.25, 0.3) is 0 Å². The molecule has 0 aromatic carbocycles. The van der Waals surface area contributed by atoms with E-state index < -0.39 is 5.54 Å². The fourth-order valence-corrected chi connectivity index (χ4v) is 3.18. The summed E-state index contributed by atoms with van der Waals surface area (Å²) in [6.45, 7) is 6.95. The Morgan fingerprint density at radius 1 is 1.30 bits per heavy atom. The van der Waals surface area contributed by atoms with Gasteiger partial charge in [0.05, 0.1) is 5.54 Å². The van der Waals surface area contributed by atoms with Crippen molar-refractivity contribution in [2.75, 3.05) is 13.6 Å². The lowest BCUT2D eigenvalue weighted by atomic mass is 9.95. The highest BCUT2D eigenvalue weighted by molar-refractivity contribution is 5.84. The van der Waals surface area contributed by atoms with E-state index in [9.17, 15) is 4.79 Å². The van der Waals surface area contributed by atoms with Crippen molar-refractivity contribution in [1.29, 1.82) is 0 Å². The van der Waals surface area contributed by atoms with Crippen LogP contribution in [-0.2, 0) is 4.79 Å². The molecule has 1 aliphatic carbocycles. The van der Waals surface area contributed by atoms with Gasteiger partial charge in [-0.15, -0.1) is 0 Å². The molecular formula is C16H33N3O. The van der Waals surface area contributed by atoms with Gasteiger partial charge in [0, 0.05) is 18.6 Å². The topological polar surface area (TPSA) is 58.4 Å². The summed E-state index contributed by atoms with van der Waals surface area (Å²) in [7, 11) is 2.19. The van der Waals surface area contributed by atoms with Crippen LogP contribution >= 0.6 is 0 Å². The number of hydrogen-bond acceptors (Lipinski definition) is 3. The van der Waals surface area contributed by atoms with Gasteiger partial charge < -0.3 is 16.0 Å². The summed E-state index contributed by atoms with van der Waals surface area (Å²) in [5.41, 5.74) is 4.98. The lowest BCUT2D eigenvalue weighted by Crippen LogP contribution is -2.57. The molecule has 1 aliphatic rings. The molecule has 0 aromatic heterocycles. The lowest BCUT2D eigenvalue weighted by molar-refractivity contribution is -0.124. The summed E-state index contributed by atoms with van der Waals surface area (Å²) >= 11 is 0. The molecule has 1 fully saturated rings. The summed E-state index contributed by atoms with van der Waals surface area (Å²) < 4.78 is 0. The minimum atomic E-state index is -0.604. The van der Waals surface area contributed by atoms with Crippen molar-refractivity contribution in [1.82, 2.24) is 10.2 Å². The van der Waals surface area contributed by atoms with Crippen LogP contribution in [0, 0.1) is 0 Å². The molecule has 0 bridgehead atoms. The number of carbonyl (C=O) groups is 1. The third kappa shape index (κ3) is 5.41. The van der Waals surface area contributed by atoms with E-state index in [1.165, 1.54) is 38.5 Å². The highest BCUT2D eigenvalue weighted by Crippen LogP contribution is 2.22. The van der Waals surface area contributed by atoms with Gasteiger partial charge in [0.2, 0.25) is 5.91 Å². The minimum absolute atomic E-state index is 0.250. The van der Waals surface area contributed by atoms with Crippen molar-refractivity contribution >= 4 is 5.91 Å². The molecule has 3 N–H and O–H groups in total. The van der Waals surface area contributed by atoms with Crippen molar-refractivity contribution in [3.05, 3.63) is 0 Å². The van der Waals surface area contributed by atoms with Crippen molar-refractivity contribution in [3.8, 4) is 0 Å². The van der Waals surface area contributed by atoms with Crippen LogP contribution in [0.3, 0.4) is 0 Å². The number of amides is 1. The predicted molar refractivity (Wildman–Crippen MR) is 84.6 cm³/mol. The third-order valence-electron chi connectivity index (χ3n) is 4.56. The second kappa shape index (κ2) is 7.99. The second-order valence-electron chi connectivity index (χ2n) is 6.87. The monoisotopic (exact) mass is 283 g/mol. The molecule has 0 saturated heterocycles. The number of nitrogens with zero attached hydrogens (tertiary/aromatic N) is 1. The number of carbonyl (C=O) groups excluding carboxylic acids is 1. The number of nitrogens with two attached hydrogens (primary N) is 1. The Morgan fingerprint density at radius 3 is 2.30 bits per heavy atom. The first-order chi connectivity index (χ1) is 9.35. The van der Waals surface area contributed by atoms with Gasteiger partial charge in [-0.2, -0.15) is 0 Å². The van der Waals surface area contributed by atoms with Crippen LogP contribution in [0.25, 0.3) is 0 Å². The maximum atomic E-state index is 11.7. The maximum Gasteiger partial charge on any atom is 0.237 e. The van der Waals surface area contributed by atoms with Crippen LogP contribution in [0.2, 0.25) is 0 Å². The second-order valence-corrected chi connectivity index (χ2v) is 6.87. The standard InChI is InChI=1S/C16H33N3O/c1-13(2)18-16(3,15(17)20)11-12-19(4)14-9-7-5-6-8-10-14/h13-14,18H,5-12H2,1-4H3,(H2,17,20). The van der Waals surface area contributed by atoms with E-state index in [1.54, 1.807) is 0 Å². The molecule has 0 radical (unpaired) electrons. The highest BCUT2D eigenvalue weighted by Gasteiger charge is 2.32. The highest BCUT2D eigenvalue weighted by atomic mass is 16.1. The van der Waals surface area contributed by atoms with Crippen LogP contribution in [0.5, 0.6) is 0 Å². The Morgan fingerprint density at radius 2 is 1.85 bits per heavy atom. The number of nitrogens with one attached hydrogen (secondary N) is 1. The zero-order chi connectivity index (χ0) is 15.2. The van der Waals surface area contributed by atoms with Crippen LogP contribution < -0.4 is 11.1 Å². The molecule has 20 heavy (non-hydrogen) atoms. The zero-order valence-electron chi connectivity index (χ0n) is 13.7. The molecule has 0 aromatic rings. The Kier molecular flexibility index (Phi) is 6.96. The number of rotatable bonds is 7. The van der Waals surface area contributed by atoms with E-state index in [4.69, 9.17) is 5.73 Å². The molecule has 0 spiro atoms. The Labute approximate surface area is 124 Å². The molecule has 118 valence electrons. The van der Waals surface area contributed by atoms with E-state index in [1.807, 2.05) is 6.92 Å². The zero-order valence-corrected chi connectivity index (χ0v) is 13.7. The fourth-order valence-electron chi connectivity index (χ4n) is 3.18. The van der Waals surface area contributed by atoms with Crippen LogP contribution in [0.15, 0.2) is 0 Å². The van der Waals surface area contributed by atoms with Crippen molar-refractivity contribution in [2.24, 2.45) is 5.73 Å². The van der Waals surface area contributed by atoms with Crippen LogP contribution in [0.1, 0.15) is 65.7 Å². The molecule has 1 unspecified atom stereocenters. The average Bonchev–Trinajstić information content (AvgIpc) is 2.63. The van der Waals surface area contributed by atoms with Gasteiger partial charge >= 0.3 is 0 Å². The van der Waals surface area contributed by atoms with Gasteiger partial charge in [0.15, 0.2) is 0 Å². The first-order valence-electron chi connectivity index (χ1n) is 8.13. The van der Waals surface area contributed by atoms with Gasteiger partial charge in [0.1, 0.15) is 0 Å². The van der Waals surface area contributed by atoms with Crippen LogP contribution in [-0.4, -0.2) is 42.0 Å². The summed E-state index contributed by atoms with van der Waals surface area (Å²) in [5, 5.41) is 3.33. The summed E-state index contributed by atoms with van der Waals surface area (Å²) in [5.74, 6) is -0.250. The largest absolute Gasteiger partial charge is 0.368 e. The molecule has 1 amide bonds. The summed E-state index contributed by atoms with van der Waals surface area (Å²) in [4.78, 5) is 14.2. The molecule has 4 heteroatoms. The van der Waals surface area contributed by atoms with E-state index >= 15 is 0 Å². The minimum Gasteiger partial charge on any atom is -0.368 e. The van der Waals surface area contributed by atoms with E-state index in [-0.39, 0.29) is 11.9 Å². The third-order valence-corrected chi connectivity index (χ3v) is 4.56. The Hall–Kier alpha value is -0.610. The Bertz CT molecular complexity index is 298. The number of primary amides is 1. The first kappa shape index (κ1) is 17.4. The molecule has 1 rings (SSSR count). The maximum absolute atomic E-state index is 11.7. The molecule has 4 nitrogen and oxygen atoms in total. The predicted octanol–water partition coefficient (Wildman–Crippen LogP) is 2.27. The SMILES string of the molecule is CC(C)NC(C)(CCN(C)C1CCCCCC1)C(N)=O. The van der Waals surface area contributed by atoms with Crippen molar-refractivity contribution in [2.45, 2.75) is 83.3 Å². The molecule has 1 atom stereocenters. The molecule has 1 saturated carbocycles. The molecule has 0 aliphatic heterocycles. The summed E-state index contributed by atoms with van der Waals surface area (Å²) in [6, 6.07) is 0.935. The average molecular weight is 283 g/mol. The van der Waals surface area contributed by atoms with E-state index in [0.717, 1.165) is 13.0 Å². The van der Waals surface area contributed by atoms with Gasteiger partial charge in [-0.3, -0.25) is 4.79 Å². The van der Waals surface area contributed by atoms with Gasteiger partial charge in [-0.1, -0.05) is 25.7 Å². The normalized spacial score (nSPS) is 20.9. The Balaban J connectivity index is 2.51. The van der Waals surface area contributed by atoms with Gasteiger partial charge in [-0.25, -0.2) is 0 Å². The van der Waals surface area contributed by atoms with E-state index in [2.05, 4.69) is 31.1 Å². The van der Waals surface area contributed by atoms with Crippen molar-refractivity contribution < 1.29 is 4.79 Å². The van der Waals surface area contributed by atoms with Crippen molar-refractivity contribution in [3.63, 3.8) is 0 Å². The van der Waals surface area contributed by atoms with E-state index in [0.29, 0.717) is 6.04 Å². The molecular weight excluding hydrogens is 250 g/mol. The smallest absolute Gasteiger partial charge is 0.237 e. The first-order valence-corrected chi connectivity index (χ1v) is 8.13. The number of hydrogen-bond donors (Lipinski definition) is 2. The fraction of sp³-hybridized carbons (Fsp3) is 0.938. The van der Waals surface area contributed by atoms with Crippen LogP contribution in [0.4, 0.5) is 0 Å².